The first-order valence-electron chi connectivity index (χ1n) is 4.70. The molecule has 0 radical (unpaired) electrons. The van der Waals surface area contributed by atoms with Gasteiger partial charge in [-0.2, -0.15) is 0 Å². The van der Waals surface area contributed by atoms with Gasteiger partial charge in [0.15, 0.2) is 0 Å². The van der Waals surface area contributed by atoms with Crippen molar-refractivity contribution < 1.29 is 4.79 Å². The van der Waals surface area contributed by atoms with Crippen LogP contribution < -0.4 is 5.73 Å². The highest BCUT2D eigenvalue weighted by Gasteiger charge is 2.32. The number of amides is 1. The number of nitrogens with zero attached hydrogens (tertiary/aromatic N) is 1. The van der Waals surface area contributed by atoms with Crippen molar-refractivity contribution in [2.45, 2.75) is 38.3 Å². The minimum absolute atomic E-state index is 0.0575. The Morgan fingerprint density at radius 2 is 2.54 bits per heavy atom. The molecule has 0 aromatic heterocycles. The third-order valence-electron chi connectivity index (χ3n) is 2.55. The summed E-state index contributed by atoms with van der Waals surface area (Å²) in [4.78, 5) is 13.3. The average Bonchev–Trinajstić information content (AvgIpc) is 2.45. The third-order valence-corrected chi connectivity index (χ3v) is 2.55. The Labute approximate surface area is 79.3 Å². The second kappa shape index (κ2) is 4.29. The normalized spacial score (nSPS) is 24.5. The van der Waals surface area contributed by atoms with E-state index >= 15 is 0 Å². The second-order valence-corrected chi connectivity index (χ2v) is 3.40. The summed E-state index contributed by atoms with van der Waals surface area (Å²) in [7, 11) is 0. The largest absolute Gasteiger partial charge is 0.337 e. The molecular weight excluding hydrogens is 164 g/mol. The van der Waals surface area contributed by atoms with Crippen LogP contribution in [0.15, 0.2) is 0 Å². The van der Waals surface area contributed by atoms with Crippen LogP contribution in [0.5, 0.6) is 0 Å². The molecule has 3 heteroatoms. The summed E-state index contributed by atoms with van der Waals surface area (Å²) in [5.41, 5.74) is 5.61. The lowest BCUT2D eigenvalue weighted by atomic mass is 10.1. The third kappa shape index (κ3) is 2.02. The topological polar surface area (TPSA) is 46.3 Å². The molecule has 1 amide bonds. The molecule has 0 saturated carbocycles. The Hall–Kier alpha value is -1.01. The molecule has 0 aliphatic carbocycles. The molecule has 1 rings (SSSR count). The van der Waals surface area contributed by atoms with Crippen LogP contribution in [0.4, 0.5) is 0 Å². The summed E-state index contributed by atoms with van der Waals surface area (Å²) >= 11 is 0. The summed E-state index contributed by atoms with van der Waals surface area (Å²) in [6, 6.07) is -0.113. The number of carbonyl (C=O) groups is 1. The summed E-state index contributed by atoms with van der Waals surface area (Å²) in [5.74, 6) is 2.65. The molecule has 1 heterocycles. The lowest BCUT2D eigenvalue weighted by molar-refractivity contribution is -0.130. The molecule has 1 aliphatic rings. The van der Waals surface area contributed by atoms with E-state index in [1.165, 1.54) is 0 Å². The van der Waals surface area contributed by atoms with Gasteiger partial charge in [-0.1, -0.05) is 6.92 Å². The molecule has 0 aromatic carbocycles. The van der Waals surface area contributed by atoms with E-state index in [1.54, 1.807) is 0 Å². The number of nitrogens with two attached hydrogens (primary N) is 1. The van der Waals surface area contributed by atoms with Crippen LogP contribution in [0.1, 0.15) is 26.2 Å². The first kappa shape index (κ1) is 10.1. The number of terminal acetylenes is 1. The van der Waals surface area contributed by atoms with Crippen molar-refractivity contribution >= 4 is 5.91 Å². The molecular formula is C10H16N2O. The van der Waals surface area contributed by atoms with Crippen molar-refractivity contribution in [1.29, 1.82) is 0 Å². The van der Waals surface area contributed by atoms with Crippen LogP contribution in [0.25, 0.3) is 0 Å². The van der Waals surface area contributed by atoms with Crippen LogP contribution in [0.2, 0.25) is 0 Å². The fourth-order valence-electron chi connectivity index (χ4n) is 1.70. The highest BCUT2D eigenvalue weighted by Crippen LogP contribution is 2.16. The first-order valence-corrected chi connectivity index (χ1v) is 4.70. The maximum absolute atomic E-state index is 11.5. The van der Waals surface area contributed by atoms with E-state index < -0.39 is 0 Å². The summed E-state index contributed by atoms with van der Waals surface area (Å²) in [6.45, 7) is 2.80. The van der Waals surface area contributed by atoms with Gasteiger partial charge >= 0.3 is 0 Å². The number of hydrogen-bond donors (Lipinski definition) is 1. The van der Waals surface area contributed by atoms with Crippen LogP contribution in [0, 0.1) is 12.3 Å². The van der Waals surface area contributed by atoms with Crippen LogP contribution in [-0.4, -0.2) is 29.4 Å². The second-order valence-electron chi connectivity index (χ2n) is 3.40. The van der Waals surface area contributed by atoms with Gasteiger partial charge in [0.1, 0.15) is 0 Å². The standard InChI is InChI=1S/C10H16N2O/c1-3-5-8(4-2)12-7-6-9(11)10(12)13/h1,8-9H,4-7,11H2,2H3. The van der Waals surface area contributed by atoms with E-state index in [0.717, 1.165) is 19.4 Å². The lowest BCUT2D eigenvalue weighted by Crippen LogP contribution is -2.40. The molecule has 2 N–H and O–H groups in total. The van der Waals surface area contributed by atoms with Gasteiger partial charge in [0, 0.05) is 19.0 Å². The monoisotopic (exact) mass is 180 g/mol. The smallest absolute Gasteiger partial charge is 0.239 e. The molecule has 13 heavy (non-hydrogen) atoms. The van der Waals surface area contributed by atoms with Crippen molar-refractivity contribution in [2.75, 3.05) is 6.54 Å². The van der Waals surface area contributed by atoms with E-state index in [9.17, 15) is 4.79 Å². The summed E-state index contributed by atoms with van der Waals surface area (Å²) in [5, 5.41) is 0. The fraction of sp³-hybridized carbons (Fsp3) is 0.700. The van der Waals surface area contributed by atoms with Crippen molar-refractivity contribution in [3.05, 3.63) is 0 Å². The molecule has 3 nitrogen and oxygen atoms in total. The molecule has 1 fully saturated rings. The molecule has 2 atom stereocenters. The van der Waals surface area contributed by atoms with E-state index in [1.807, 2.05) is 11.8 Å². The highest BCUT2D eigenvalue weighted by molar-refractivity contribution is 5.84. The number of rotatable bonds is 3. The average molecular weight is 180 g/mol. The quantitative estimate of drug-likeness (QED) is 0.637. The zero-order valence-corrected chi connectivity index (χ0v) is 7.99. The van der Waals surface area contributed by atoms with Crippen molar-refractivity contribution in [3.63, 3.8) is 0 Å². The van der Waals surface area contributed by atoms with Crippen molar-refractivity contribution in [3.8, 4) is 12.3 Å². The molecule has 0 aromatic rings. The van der Waals surface area contributed by atoms with Gasteiger partial charge in [0.2, 0.25) is 5.91 Å². The predicted octanol–water partition coefficient (Wildman–Crippen LogP) is 0.348. The molecule has 1 aliphatic heterocycles. The lowest BCUT2D eigenvalue weighted by Gasteiger charge is -2.25. The molecule has 0 spiro atoms. The van der Waals surface area contributed by atoms with Crippen LogP contribution in [0.3, 0.4) is 0 Å². The molecule has 0 bridgehead atoms. The minimum atomic E-state index is -0.299. The predicted molar refractivity (Wildman–Crippen MR) is 51.8 cm³/mol. The van der Waals surface area contributed by atoms with Crippen molar-refractivity contribution in [2.24, 2.45) is 5.73 Å². The molecule has 72 valence electrons. The fourth-order valence-corrected chi connectivity index (χ4v) is 1.70. The molecule has 2 unspecified atom stereocenters. The minimum Gasteiger partial charge on any atom is -0.337 e. The van der Waals surface area contributed by atoms with Gasteiger partial charge in [-0.15, -0.1) is 12.3 Å². The zero-order chi connectivity index (χ0) is 9.84. The molecule has 1 saturated heterocycles. The van der Waals surface area contributed by atoms with E-state index in [-0.39, 0.29) is 18.0 Å². The van der Waals surface area contributed by atoms with E-state index in [4.69, 9.17) is 12.2 Å². The number of carbonyl (C=O) groups excluding carboxylic acids is 1. The Morgan fingerprint density at radius 1 is 1.85 bits per heavy atom. The first-order chi connectivity index (χ1) is 6.20. The Kier molecular flexibility index (Phi) is 3.32. The Bertz CT molecular complexity index is 232. The van der Waals surface area contributed by atoms with Gasteiger partial charge < -0.3 is 10.6 Å². The summed E-state index contributed by atoms with van der Waals surface area (Å²) in [6.07, 6.45) is 7.54. The van der Waals surface area contributed by atoms with Crippen molar-refractivity contribution in [1.82, 2.24) is 4.90 Å². The highest BCUT2D eigenvalue weighted by atomic mass is 16.2. The van der Waals surface area contributed by atoms with Gasteiger partial charge in [0.05, 0.1) is 6.04 Å². The maximum Gasteiger partial charge on any atom is 0.239 e. The number of hydrogen-bond acceptors (Lipinski definition) is 2. The van der Waals surface area contributed by atoms with Gasteiger partial charge in [0.25, 0.3) is 0 Å². The Morgan fingerprint density at radius 3 is 2.92 bits per heavy atom. The SMILES string of the molecule is C#CCC(CC)N1CCC(N)C1=O. The van der Waals surface area contributed by atoms with E-state index in [2.05, 4.69) is 5.92 Å². The van der Waals surface area contributed by atoms with Crippen LogP contribution in [-0.2, 0) is 4.79 Å². The van der Waals surface area contributed by atoms with Gasteiger partial charge in [-0.05, 0) is 12.8 Å². The van der Waals surface area contributed by atoms with Gasteiger partial charge in [-0.25, -0.2) is 0 Å². The summed E-state index contributed by atoms with van der Waals surface area (Å²) < 4.78 is 0. The maximum atomic E-state index is 11.5. The van der Waals surface area contributed by atoms with Crippen LogP contribution >= 0.6 is 0 Å². The van der Waals surface area contributed by atoms with Gasteiger partial charge in [-0.3, -0.25) is 4.79 Å². The van der Waals surface area contributed by atoms with E-state index in [0.29, 0.717) is 6.42 Å². The number of likely N-dealkylation sites (tertiary alicyclic amines) is 1. The Balaban J connectivity index is 2.60. The zero-order valence-electron chi connectivity index (χ0n) is 7.99.